The third-order valence-corrected chi connectivity index (χ3v) is 2.45. The highest BCUT2D eigenvalue weighted by Gasteiger charge is 2.05. The Morgan fingerprint density at radius 3 is 2.63 bits per heavy atom. The molecule has 0 saturated heterocycles. The van der Waals surface area contributed by atoms with Gasteiger partial charge in [0, 0.05) is 20.2 Å². The number of guanidine groups is 1. The number of oxazole rings is 1. The molecule has 1 heterocycles. The first kappa shape index (κ1) is 18.2. The van der Waals surface area contributed by atoms with E-state index in [-0.39, 0.29) is 24.0 Å². The highest BCUT2D eigenvalue weighted by Crippen LogP contribution is 2.07. The van der Waals surface area contributed by atoms with Crippen molar-refractivity contribution in [1.82, 2.24) is 15.6 Å². The number of aromatic nitrogens is 1. The van der Waals surface area contributed by atoms with Gasteiger partial charge in [-0.15, -0.1) is 24.0 Å². The molecule has 6 nitrogen and oxygen atoms in total. The van der Waals surface area contributed by atoms with Crippen LogP contribution in [0.2, 0.25) is 0 Å². The molecular weight excluding hydrogens is 359 g/mol. The monoisotopic (exact) mass is 382 g/mol. The lowest BCUT2D eigenvalue weighted by atomic mass is 10.4. The van der Waals surface area contributed by atoms with E-state index in [1.165, 1.54) is 0 Å². The van der Waals surface area contributed by atoms with Gasteiger partial charge >= 0.3 is 0 Å². The Morgan fingerprint density at radius 2 is 2.11 bits per heavy atom. The van der Waals surface area contributed by atoms with Crippen LogP contribution in [-0.4, -0.2) is 37.7 Å². The predicted octanol–water partition coefficient (Wildman–Crippen LogP) is 1.61. The summed E-state index contributed by atoms with van der Waals surface area (Å²) in [6.45, 7) is 8.43. The molecule has 0 radical (unpaired) electrons. The fourth-order valence-electron chi connectivity index (χ4n) is 1.38. The summed E-state index contributed by atoms with van der Waals surface area (Å²) < 4.78 is 10.7. The molecule has 0 unspecified atom stereocenters. The van der Waals surface area contributed by atoms with Gasteiger partial charge < -0.3 is 19.8 Å². The zero-order chi connectivity index (χ0) is 13.4. The number of hydrogen-bond acceptors (Lipinski definition) is 4. The van der Waals surface area contributed by atoms with Gasteiger partial charge in [-0.2, -0.15) is 0 Å². The van der Waals surface area contributed by atoms with Crippen molar-refractivity contribution in [3.63, 3.8) is 0 Å². The normalized spacial score (nSPS) is 11.1. The number of halogens is 1. The summed E-state index contributed by atoms with van der Waals surface area (Å²) in [7, 11) is 1.72. The van der Waals surface area contributed by atoms with E-state index in [1.54, 1.807) is 7.05 Å². The van der Waals surface area contributed by atoms with Gasteiger partial charge in [0.25, 0.3) is 0 Å². The summed E-state index contributed by atoms with van der Waals surface area (Å²) in [5.74, 6) is 2.23. The molecule has 0 amide bonds. The van der Waals surface area contributed by atoms with Crippen LogP contribution in [0.25, 0.3) is 0 Å². The summed E-state index contributed by atoms with van der Waals surface area (Å²) in [6.07, 6.45) is 0. The maximum atomic E-state index is 5.47. The Hall–Kier alpha value is -0.830. The van der Waals surface area contributed by atoms with Crippen LogP contribution in [-0.2, 0) is 11.3 Å². The third-order valence-electron chi connectivity index (χ3n) is 2.45. The highest BCUT2D eigenvalue weighted by molar-refractivity contribution is 14.0. The number of nitrogens with one attached hydrogen (secondary N) is 2. The summed E-state index contributed by atoms with van der Waals surface area (Å²) in [5, 5.41) is 6.27. The molecular formula is C12H23IN4O2. The number of hydrogen-bond donors (Lipinski definition) is 2. The summed E-state index contributed by atoms with van der Waals surface area (Å²) in [6, 6.07) is 0. The van der Waals surface area contributed by atoms with Crippen LogP contribution in [0.5, 0.6) is 0 Å². The average Bonchev–Trinajstić information content (AvgIpc) is 2.68. The van der Waals surface area contributed by atoms with Gasteiger partial charge in [0.2, 0.25) is 5.89 Å². The minimum Gasteiger partial charge on any atom is -0.444 e. The molecule has 0 fully saturated rings. The molecule has 0 aliphatic carbocycles. The molecule has 1 rings (SSSR count). The lowest BCUT2D eigenvalue weighted by Gasteiger charge is -2.10. The fourth-order valence-corrected chi connectivity index (χ4v) is 1.38. The molecule has 0 aliphatic rings. The van der Waals surface area contributed by atoms with Crippen LogP contribution >= 0.6 is 24.0 Å². The largest absolute Gasteiger partial charge is 0.444 e. The third kappa shape index (κ3) is 6.76. The second-order valence-electron chi connectivity index (χ2n) is 3.80. The van der Waals surface area contributed by atoms with E-state index in [1.807, 2.05) is 20.8 Å². The Bertz CT molecular complexity index is 374. The molecule has 0 saturated carbocycles. The first-order valence-electron chi connectivity index (χ1n) is 6.12. The van der Waals surface area contributed by atoms with E-state index < -0.39 is 0 Å². The molecule has 0 aromatic carbocycles. The van der Waals surface area contributed by atoms with Crippen LogP contribution in [0.3, 0.4) is 0 Å². The van der Waals surface area contributed by atoms with Crippen molar-refractivity contribution < 1.29 is 9.15 Å². The molecule has 7 heteroatoms. The predicted molar refractivity (Wildman–Crippen MR) is 86.1 cm³/mol. The van der Waals surface area contributed by atoms with E-state index in [2.05, 4.69) is 20.6 Å². The first-order chi connectivity index (χ1) is 8.67. The standard InChI is InChI=1S/C12H22N4O2.HI/c1-5-17-7-6-14-12(13-4)15-8-11-16-9(2)10(3)18-11;/h5-8H2,1-4H3,(H2,13,14,15);1H. The Balaban J connectivity index is 0.00000324. The number of aryl methyl sites for hydroxylation is 2. The zero-order valence-corrected chi connectivity index (χ0v) is 14.3. The van der Waals surface area contributed by atoms with Crippen LogP contribution in [0.1, 0.15) is 24.3 Å². The van der Waals surface area contributed by atoms with Crippen molar-refractivity contribution in [2.45, 2.75) is 27.3 Å². The van der Waals surface area contributed by atoms with Gasteiger partial charge in [-0.1, -0.05) is 0 Å². The second-order valence-corrected chi connectivity index (χ2v) is 3.80. The molecule has 0 spiro atoms. The van der Waals surface area contributed by atoms with Crippen LogP contribution in [0.4, 0.5) is 0 Å². The van der Waals surface area contributed by atoms with Gasteiger partial charge in [-0.25, -0.2) is 4.98 Å². The van der Waals surface area contributed by atoms with Crippen molar-refractivity contribution in [3.05, 3.63) is 17.3 Å². The zero-order valence-electron chi connectivity index (χ0n) is 11.9. The molecule has 19 heavy (non-hydrogen) atoms. The molecule has 110 valence electrons. The summed E-state index contributed by atoms with van der Waals surface area (Å²) in [5.41, 5.74) is 0.922. The number of ether oxygens (including phenoxy) is 1. The van der Waals surface area contributed by atoms with Crippen LogP contribution in [0, 0.1) is 13.8 Å². The highest BCUT2D eigenvalue weighted by atomic mass is 127. The van der Waals surface area contributed by atoms with Crippen molar-refractivity contribution in [2.75, 3.05) is 26.8 Å². The SMILES string of the molecule is CCOCCNC(=NC)NCc1nc(C)c(C)o1.I. The van der Waals surface area contributed by atoms with Gasteiger partial charge in [-0.3, -0.25) is 4.99 Å². The van der Waals surface area contributed by atoms with Gasteiger partial charge in [0.05, 0.1) is 18.8 Å². The molecule has 1 aromatic heterocycles. The fraction of sp³-hybridized carbons (Fsp3) is 0.667. The quantitative estimate of drug-likeness (QED) is 0.339. The van der Waals surface area contributed by atoms with E-state index in [0.29, 0.717) is 25.0 Å². The Morgan fingerprint density at radius 1 is 1.37 bits per heavy atom. The minimum atomic E-state index is 0. The number of rotatable bonds is 6. The van der Waals surface area contributed by atoms with Crippen molar-refractivity contribution >= 4 is 29.9 Å². The Labute approximate surface area is 131 Å². The van der Waals surface area contributed by atoms with Gasteiger partial charge in [-0.05, 0) is 20.8 Å². The smallest absolute Gasteiger partial charge is 0.214 e. The Kier molecular flexibility index (Phi) is 9.58. The van der Waals surface area contributed by atoms with Gasteiger partial charge in [0.15, 0.2) is 5.96 Å². The van der Waals surface area contributed by atoms with Crippen LogP contribution < -0.4 is 10.6 Å². The molecule has 2 N–H and O–H groups in total. The maximum absolute atomic E-state index is 5.47. The van der Waals surface area contributed by atoms with E-state index in [9.17, 15) is 0 Å². The van der Waals surface area contributed by atoms with E-state index in [4.69, 9.17) is 9.15 Å². The molecule has 1 aromatic rings. The lowest BCUT2D eigenvalue weighted by Crippen LogP contribution is -2.38. The number of aliphatic imine (C=N–C) groups is 1. The van der Waals surface area contributed by atoms with E-state index >= 15 is 0 Å². The van der Waals surface area contributed by atoms with Crippen molar-refractivity contribution in [3.8, 4) is 0 Å². The lowest BCUT2D eigenvalue weighted by molar-refractivity contribution is 0.152. The maximum Gasteiger partial charge on any atom is 0.214 e. The van der Waals surface area contributed by atoms with Crippen molar-refractivity contribution in [1.29, 1.82) is 0 Å². The summed E-state index contributed by atoms with van der Waals surface area (Å²) in [4.78, 5) is 8.39. The minimum absolute atomic E-state index is 0. The first-order valence-corrected chi connectivity index (χ1v) is 6.12. The molecule has 0 atom stereocenters. The van der Waals surface area contributed by atoms with Gasteiger partial charge in [0.1, 0.15) is 5.76 Å². The number of nitrogens with zero attached hydrogens (tertiary/aromatic N) is 2. The average molecular weight is 382 g/mol. The molecule has 0 aliphatic heterocycles. The van der Waals surface area contributed by atoms with E-state index in [0.717, 1.165) is 24.6 Å². The van der Waals surface area contributed by atoms with Crippen LogP contribution in [0.15, 0.2) is 9.41 Å². The van der Waals surface area contributed by atoms with Crippen molar-refractivity contribution in [2.24, 2.45) is 4.99 Å². The summed E-state index contributed by atoms with van der Waals surface area (Å²) >= 11 is 0. The molecule has 0 bridgehead atoms. The topological polar surface area (TPSA) is 71.7 Å². The second kappa shape index (κ2) is 10.0.